The molecule has 0 aliphatic carbocycles. The first kappa shape index (κ1) is 15.0. The molecule has 0 radical (unpaired) electrons. The predicted molar refractivity (Wildman–Crippen MR) is 77.7 cm³/mol. The van der Waals surface area contributed by atoms with E-state index in [-0.39, 0.29) is 4.90 Å². The van der Waals surface area contributed by atoms with E-state index in [9.17, 15) is 8.42 Å². The van der Waals surface area contributed by atoms with Crippen molar-refractivity contribution >= 4 is 21.4 Å². The maximum absolute atomic E-state index is 12.0. The molecule has 1 aliphatic heterocycles. The van der Waals surface area contributed by atoms with E-state index in [0.29, 0.717) is 24.6 Å². The Labute approximate surface area is 119 Å². The summed E-state index contributed by atoms with van der Waals surface area (Å²) >= 11 is 0. The lowest BCUT2D eigenvalue weighted by Gasteiger charge is -2.28. The van der Waals surface area contributed by atoms with Crippen molar-refractivity contribution in [3.05, 3.63) is 18.2 Å². The molecule has 1 aromatic rings. The highest BCUT2D eigenvalue weighted by atomic mass is 32.2. The highest BCUT2D eigenvalue weighted by molar-refractivity contribution is 7.89. The lowest BCUT2D eigenvalue weighted by atomic mass is 10.3. The number of sulfonamides is 1. The van der Waals surface area contributed by atoms with Crippen molar-refractivity contribution in [1.29, 1.82) is 0 Å². The fourth-order valence-corrected chi connectivity index (χ4v) is 2.80. The van der Waals surface area contributed by atoms with Gasteiger partial charge in [-0.2, -0.15) is 0 Å². The monoisotopic (exact) mass is 300 g/mol. The number of hydrogen-bond donors (Lipinski definition) is 2. The zero-order chi connectivity index (χ0) is 14.8. The Kier molecular flexibility index (Phi) is 4.48. The van der Waals surface area contributed by atoms with Gasteiger partial charge in [0.25, 0.3) is 0 Å². The van der Waals surface area contributed by atoms with Crippen LogP contribution < -0.4 is 11.2 Å². The van der Waals surface area contributed by atoms with E-state index < -0.39 is 10.0 Å². The minimum Gasteiger partial charge on any atom is -0.397 e. The van der Waals surface area contributed by atoms with E-state index in [1.807, 2.05) is 5.01 Å². The number of ether oxygens (including phenoxy) is 1. The van der Waals surface area contributed by atoms with Crippen LogP contribution in [0.15, 0.2) is 23.1 Å². The Bertz CT molecular complexity index is 568. The summed E-state index contributed by atoms with van der Waals surface area (Å²) in [5.41, 5.74) is 10.2. The van der Waals surface area contributed by atoms with Crippen molar-refractivity contribution in [3.63, 3.8) is 0 Å². The van der Waals surface area contributed by atoms with E-state index in [4.69, 9.17) is 10.5 Å². The third kappa shape index (κ3) is 3.21. The van der Waals surface area contributed by atoms with Crippen LogP contribution >= 0.6 is 0 Å². The van der Waals surface area contributed by atoms with Crippen molar-refractivity contribution < 1.29 is 13.2 Å². The highest BCUT2D eigenvalue weighted by Crippen LogP contribution is 2.24. The van der Waals surface area contributed by atoms with Gasteiger partial charge in [-0.25, -0.2) is 17.7 Å². The summed E-state index contributed by atoms with van der Waals surface area (Å²) in [5.74, 6) is 0. The van der Waals surface area contributed by atoms with E-state index >= 15 is 0 Å². The first-order valence-corrected chi connectivity index (χ1v) is 7.76. The second-order valence-corrected chi connectivity index (χ2v) is 6.90. The van der Waals surface area contributed by atoms with Gasteiger partial charge in [0.05, 0.1) is 29.5 Å². The third-order valence-electron chi connectivity index (χ3n) is 3.09. The lowest BCUT2D eigenvalue weighted by molar-refractivity contribution is 0.0497. The molecule has 0 unspecified atom stereocenters. The summed E-state index contributed by atoms with van der Waals surface area (Å²) < 4.78 is 30.4. The van der Waals surface area contributed by atoms with Crippen molar-refractivity contribution in [2.75, 3.05) is 51.6 Å². The van der Waals surface area contributed by atoms with Crippen LogP contribution in [0.5, 0.6) is 0 Å². The molecule has 112 valence electrons. The molecule has 0 spiro atoms. The fourth-order valence-electron chi connectivity index (χ4n) is 1.86. The average molecular weight is 300 g/mol. The molecule has 7 nitrogen and oxygen atoms in total. The number of rotatable bonds is 4. The number of nitrogens with two attached hydrogens (primary N) is 1. The van der Waals surface area contributed by atoms with Crippen LogP contribution in [-0.4, -0.2) is 58.1 Å². The van der Waals surface area contributed by atoms with E-state index in [1.54, 1.807) is 12.1 Å². The largest absolute Gasteiger partial charge is 0.397 e. The fraction of sp³-hybridized carbons (Fsp3) is 0.500. The smallest absolute Gasteiger partial charge is 0.242 e. The summed E-state index contributed by atoms with van der Waals surface area (Å²) in [6, 6.07) is 4.70. The molecule has 0 amide bonds. The van der Waals surface area contributed by atoms with Gasteiger partial charge in [-0.15, -0.1) is 0 Å². The van der Waals surface area contributed by atoms with Gasteiger partial charge in [-0.3, -0.25) is 0 Å². The number of benzene rings is 1. The number of hydrogen-bond acceptors (Lipinski definition) is 6. The molecule has 20 heavy (non-hydrogen) atoms. The van der Waals surface area contributed by atoms with E-state index in [0.717, 1.165) is 17.4 Å². The van der Waals surface area contributed by atoms with Crippen LogP contribution in [-0.2, 0) is 14.8 Å². The standard InChI is InChI=1S/C12H20N4O3S/c1-15(2)20(17,18)10-3-4-12(11(13)9-10)14-16-5-7-19-8-6-16/h3-4,9,14H,5-8,13H2,1-2H3. The summed E-state index contributed by atoms with van der Waals surface area (Å²) in [6.07, 6.45) is 0. The van der Waals surface area contributed by atoms with Crippen LogP contribution in [0.1, 0.15) is 0 Å². The molecule has 0 aromatic heterocycles. The molecule has 1 aromatic carbocycles. The van der Waals surface area contributed by atoms with Crippen molar-refractivity contribution in [3.8, 4) is 0 Å². The summed E-state index contributed by atoms with van der Waals surface area (Å²) in [4.78, 5) is 0.188. The maximum atomic E-state index is 12.0. The van der Waals surface area contributed by atoms with Crippen LogP contribution in [0.25, 0.3) is 0 Å². The topological polar surface area (TPSA) is 87.9 Å². The highest BCUT2D eigenvalue weighted by Gasteiger charge is 2.19. The molecule has 0 atom stereocenters. The molecule has 1 heterocycles. The SMILES string of the molecule is CN(C)S(=O)(=O)c1ccc(NN2CCOCC2)c(N)c1. The normalized spacial score (nSPS) is 17.4. The second kappa shape index (κ2) is 5.96. The molecular formula is C12H20N4O3S. The second-order valence-electron chi connectivity index (χ2n) is 4.75. The van der Waals surface area contributed by atoms with Gasteiger partial charge in [-0.05, 0) is 18.2 Å². The van der Waals surface area contributed by atoms with E-state index in [1.165, 1.54) is 20.2 Å². The number of nitrogens with one attached hydrogen (secondary N) is 1. The predicted octanol–water partition coefficient (Wildman–Crippen LogP) is 0.178. The molecule has 8 heteroatoms. The van der Waals surface area contributed by atoms with Gasteiger partial charge in [0.2, 0.25) is 10.0 Å². The first-order chi connectivity index (χ1) is 9.41. The van der Waals surface area contributed by atoms with Crippen molar-refractivity contribution in [2.45, 2.75) is 4.90 Å². The molecule has 1 saturated heterocycles. The zero-order valence-electron chi connectivity index (χ0n) is 11.7. The van der Waals surface area contributed by atoms with Gasteiger partial charge < -0.3 is 15.9 Å². The lowest BCUT2D eigenvalue weighted by Crippen LogP contribution is -2.40. The van der Waals surface area contributed by atoms with Gasteiger partial charge in [-0.1, -0.05) is 0 Å². The van der Waals surface area contributed by atoms with Gasteiger partial charge in [0.15, 0.2) is 0 Å². The molecule has 0 saturated carbocycles. The third-order valence-corrected chi connectivity index (χ3v) is 4.90. The average Bonchev–Trinajstić information content (AvgIpc) is 2.42. The zero-order valence-corrected chi connectivity index (χ0v) is 12.5. The van der Waals surface area contributed by atoms with Crippen molar-refractivity contribution in [2.24, 2.45) is 0 Å². The number of nitrogen functional groups attached to an aromatic ring is 1. The first-order valence-electron chi connectivity index (χ1n) is 6.32. The number of anilines is 2. The Morgan fingerprint density at radius 2 is 1.95 bits per heavy atom. The van der Waals surface area contributed by atoms with Gasteiger partial charge in [0.1, 0.15) is 0 Å². The number of hydrazine groups is 1. The quantitative estimate of drug-likeness (QED) is 0.771. The number of morpholine rings is 1. The van der Waals surface area contributed by atoms with Crippen molar-refractivity contribution in [1.82, 2.24) is 9.31 Å². The minimum atomic E-state index is -3.46. The molecule has 1 fully saturated rings. The van der Waals surface area contributed by atoms with Gasteiger partial charge >= 0.3 is 0 Å². The Balaban J connectivity index is 2.17. The Morgan fingerprint density at radius 3 is 2.50 bits per heavy atom. The summed E-state index contributed by atoms with van der Waals surface area (Å²) in [7, 11) is -0.474. The van der Waals surface area contributed by atoms with Crippen LogP contribution in [0, 0.1) is 0 Å². The molecular weight excluding hydrogens is 280 g/mol. The molecule has 0 bridgehead atoms. The maximum Gasteiger partial charge on any atom is 0.242 e. The molecule has 3 N–H and O–H groups in total. The Morgan fingerprint density at radius 1 is 1.30 bits per heavy atom. The van der Waals surface area contributed by atoms with Crippen LogP contribution in [0.3, 0.4) is 0 Å². The Hall–Kier alpha value is -1.35. The van der Waals surface area contributed by atoms with Crippen LogP contribution in [0.4, 0.5) is 11.4 Å². The number of nitrogens with zero attached hydrogens (tertiary/aromatic N) is 2. The summed E-state index contributed by atoms with van der Waals surface area (Å²) in [5, 5.41) is 2.00. The minimum absolute atomic E-state index is 0.188. The van der Waals surface area contributed by atoms with E-state index in [2.05, 4.69) is 5.43 Å². The summed E-state index contributed by atoms with van der Waals surface area (Å²) in [6.45, 7) is 2.86. The molecule has 2 rings (SSSR count). The van der Waals surface area contributed by atoms with Crippen LogP contribution in [0.2, 0.25) is 0 Å². The molecule has 1 aliphatic rings. The van der Waals surface area contributed by atoms with Gasteiger partial charge in [0, 0.05) is 27.2 Å².